The van der Waals surface area contributed by atoms with E-state index in [-0.39, 0.29) is 0 Å². The zero-order valence-corrected chi connectivity index (χ0v) is 14.7. The largest absolute Gasteiger partial charge is 0.491 e. The molecule has 2 rings (SSSR count). The van der Waals surface area contributed by atoms with Crippen LogP contribution in [0.5, 0.6) is 5.75 Å². The van der Waals surface area contributed by atoms with Gasteiger partial charge in [0.25, 0.3) is 0 Å². The molecule has 0 saturated carbocycles. The summed E-state index contributed by atoms with van der Waals surface area (Å²) in [7, 11) is 0. The molecule has 0 fully saturated rings. The van der Waals surface area contributed by atoms with Gasteiger partial charge in [0.1, 0.15) is 0 Å². The number of thiazole rings is 1. The molecule has 1 heterocycles. The van der Waals surface area contributed by atoms with Crippen LogP contribution in [0.1, 0.15) is 22.5 Å². The first-order valence-corrected chi connectivity index (χ1v) is 8.28. The monoisotopic (exact) mass is 374 g/mol. The third kappa shape index (κ3) is 3.65. The second kappa shape index (κ2) is 6.78. The molecule has 2 aromatic rings. The first kappa shape index (κ1) is 15.6. The number of nitrogens with zero attached hydrogens (tertiary/aromatic N) is 1. The number of rotatable bonds is 5. The van der Waals surface area contributed by atoms with E-state index in [9.17, 15) is 0 Å². The van der Waals surface area contributed by atoms with Crippen molar-refractivity contribution >= 4 is 44.6 Å². The normalized spacial score (nSPS) is 10.7. The van der Waals surface area contributed by atoms with Gasteiger partial charge >= 0.3 is 0 Å². The van der Waals surface area contributed by atoms with Crippen LogP contribution < -0.4 is 10.1 Å². The average molecular weight is 376 g/mol. The van der Waals surface area contributed by atoms with E-state index in [1.165, 1.54) is 4.88 Å². The third-order valence-corrected chi connectivity index (χ3v) is 4.62. The van der Waals surface area contributed by atoms with Crippen molar-refractivity contribution in [1.82, 2.24) is 4.98 Å². The van der Waals surface area contributed by atoms with E-state index in [2.05, 4.69) is 26.2 Å². The second-order valence-electron chi connectivity index (χ2n) is 4.29. The van der Waals surface area contributed by atoms with Gasteiger partial charge in [0.2, 0.25) is 0 Å². The number of hydrogen-bond donors (Lipinski definition) is 1. The average Bonchev–Trinajstić information content (AvgIpc) is 2.69. The molecule has 0 radical (unpaired) electrons. The Morgan fingerprint density at radius 1 is 1.40 bits per heavy atom. The summed E-state index contributed by atoms with van der Waals surface area (Å²) < 4.78 is 6.52. The smallest absolute Gasteiger partial charge is 0.156 e. The molecule has 108 valence electrons. The summed E-state index contributed by atoms with van der Waals surface area (Å²) in [6.07, 6.45) is 0. The predicted molar refractivity (Wildman–Crippen MR) is 89.2 cm³/mol. The summed E-state index contributed by atoms with van der Waals surface area (Å²) in [5, 5.41) is 5.13. The Labute approximate surface area is 136 Å². The van der Waals surface area contributed by atoms with Gasteiger partial charge < -0.3 is 10.1 Å². The number of aromatic nitrogens is 1. The van der Waals surface area contributed by atoms with E-state index >= 15 is 0 Å². The van der Waals surface area contributed by atoms with Crippen LogP contribution in [0.4, 0.5) is 5.69 Å². The maximum Gasteiger partial charge on any atom is 0.156 e. The fourth-order valence-electron chi connectivity index (χ4n) is 1.90. The minimum Gasteiger partial charge on any atom is -0.491 e. The highest BCUT2D eigenvalue weighted by atomic mass is 79.9. The van der Waals surface area contributed by atoms with Crippen LogP contribution in [-0.2, 0) is 6.54 Å². The minimum atomic E-state index is 0.605. The van der Waals surface area contributed by atoms with E-state index in [1.807, 2.05) is 32.9 Å². The predicted octanol–water partition coefficient (Wildman–Crippen LogP) is 5.19. The van der Waals surface area contributed by atoms with Gasteiger partial charge in [0.05, 0.1) is 34.0 Å². The highest BCUT2D eigenvalue weighted by Crippen LogP contribution is 2.37. The number of anilines is 1. The van der Waals surface area contributed by atoms with Gasteiger partial charge in [-0.05, 0) is 48.8 Å². The minimum absolute atomic E-state index is 0.605. The number of aryl methyl sites for hydroxylation is 2. The molecule has 0 amide bonds. The molecule has 6 heteroatoms. The van der Waals surface area contributed by atoms with Gasteiger partial charge in [-0.15, -0.1) is 11.3 Å². The highest BCUT2D eigenvalue weighted by Gasteiger charge is 2.11. The van der Waals surface area contributed by atoms with Crippen LogP contribution in [0.15, 0.2) is 16.6 Å². The van der Waals surface area contributed by atoms with E-state index < -0.39 is 0 Å². The summed E-state index contributed by atoms with van der Waals surface area (Å²) in [6, 6.07) is 3.71. The van der Waals surface area contributed by atoms with Gasteiger partial charge in [-0.2, -0.15) is 0 Å². The van der Waals surface area contributed by atoms with Crippen LogP contribution in [0.25, 0.3) is 0 Å². The van der Waals surface area contributed by atoms with Crippen LogP contribution in [0, 0.1) is 13.8 Å². The van der Waals surface area contributed by atoms with Crippen molar-refractivity contribution < 1.29 is 4.74 Å². The fourth-order valence-corrected chi connectivity index (χ4v) is 3.70. The molecule has 0 atom stereocenters. The Morgan fingerprint density at radius 2 is 2.15 bits per heavy atom. The summed E-state index contributed by atoms with van der Waals surface area (Å²) in [5.41, 5.74) is 1.95. The van der Waals surface area contributed by atoms with Gasteiger partial charge in [0, 0.05) is 9.90 Å². The van der Waals surface area contributed by atoms with Crippen molar-refractivity contribution in [2.45, 2.75) is 27.3 Å². The Kier molecular flexibility index (Phi) is 5.29. The van der Waals surface area contributed by atoms with Crippen LogP contribution >= 0.6 is 38.9 Å². The Balaban J connectivity index is 2.22. The first-order valence-electron chi connectivity index (χ1n) is 6.30. The molecular weight excluding hydrogens is 360 g/mol. The third-order valence-electron chi connectivity index (χ3n) is 2.74. The van der Waals surface area contributed by atoms with Crippen molar-refractivity contribution in [3.05, 3.63) is 37.2 Å². The van der Waals surface area contributed by atoms with E-state index in [1.54, 1.807) is 11.3 Å². The molecule has 0 aliphatic carbocycles. The van der Waals surface area contributed by atoms with Gasteiger partial charge in [-0.25, -0.2) is 4.98 Å². The number of benzene rings is 1. The molecule has 1 aromatic carbocycles. The molecule has 0 unspecified atom stereocenters. The maximum atomic E-state index is 6.10. The lowest BCUT2D eigenvalue weighted by atomic mass is 10.2. The van der Waals surface area contributed by atoms with Crippen molar-refractivity contribution in [3.63, 3.8) is 0 Å². The molecular formula is C14H16BrClN2OS. The standard InChI is InChI=1S/C14H16BrClN2OS/c1-4-19-14-11(15)5-10(16)6-12(14)17-7-13-8(2)18-9(3)20-13/h5-6,17H,4,7H2,1-3H3. The number of ether oxygens (including phenoxy) is 1. The Morgan fingerprint density at radius 3 is 2.75 bits per heavy atom. The lowest BCUT2D eigenvalue weighted by molar-refractivity contribution is 0.339. The zero-order valence-electron chi connectivity index (χ0n) is 11.6. The van der Waals surface area contributed by atoms with Crippen molar-refractivity contribution in [1.29, 1.82) is 0 Å². The molecule has 3 nitrogen and oxygen atoms in total. The lowest BCUT2D eigenvalue weighted by Crippen LogP contribution is -2.03. The molecule has 0 saturated heterocycles. The quantitative estimate of drug-likeness (QED) is 0.781. The molecule has 0 aliphatic heterocycles. The van der Waals surface area contributed by atoms with Crippen LogP contribution in [0.2, 0.25) is 5.02 Å². The van der Waals surface area contributed by atoms with Gasteiger partial charge in [-0.1, -0.05) is 11.6 Å². The second-order valence-corrected chi connectivity index (χ2v) is 6.87. The van der Waals surface area contributed by atoms with Crippen molar-refractivity contribution in [2.24, 2.45) is 0 Å². The van der Waals surface area contributed by atoms with E-state index in [0.717, 1.165) is 26.6 Å². The summed E-state index contributed by atoms with van der Waals surface area (Å²) in [4.78, 5) is 5.65. The fraction of sp³-hybridized carbons (Fsp3) is 0.357. The number of nitrogens with one attached hydrogen (secondary N) is 1. The summed E-state index contributed by atoms with van der Waals surface area (Å²) in [6.45, 7) is 7.32. The van der Waals surface area contributed by atoms with Crippen molar-refractivity contribution in [3.8, 4) is 5.75 Å². The highest BCUT2D eigenvalue weighted by molar-refractivity contribution is 9.10. The first-order chi connectivity index (χ1) is 9.51. The Hall–Kier alpha value is -0.780. The SMILES string of the molecule is CCOc1c(Br)cc(Cl)cc1NCc1sc(C)nc1C. The zero-order chi connectivity index (χ0) is 14.7. The van der Waals surface area contributed by atoms with Gasteiger partial charge in [-0.3, -0.25) is 0 Å². The molecule has 20 heavy (non-hydrogen) atoms. The molecule has 0 aliphatic rings. The molecule has 0 spiro atoms. The molecule has 0 bridgehead atoms. The van der Waals surface area contributed by atoms with Crippen LogP contribution in [-0.4, -0.2) is 11.6 Å². The van der Waals surface area contributed by atoms with Gasteiger partial charge in [0.15, 0.2) is 5.75 Å². The molecule has 1 aromatic heterocycles. The lowest BCUT2D eigenvalue weighted by Gasteiger charge is -2.14. The summed E-state index contributed by atoms with van der Waals surface area (Å²) in [5.74, 6) is 0.788. The number of hydrogen-bond acceptors (Lipinski definition) is 4. The summed E-state index contributed by atoms with van der Waals surface area (Å²) >= 11 is 11.3. The van der Waals surface area contributed by atoms with E-state index in [0.29, 0.717) is 18.2 Å². The topological polar surface area (TPSA) is 34.1 Å². The number of halogens is 2. The van der Waals surface area contributed by atoms with Crippen LogP contribution in [0.3, 0.4) is 0 Å². The molecule has 1 N–H and O–H groups in total. The van der Waals surface area contributed by atoms with Crippen molar-refractivity contribution in [2.75, 3.05) is 11.9 Å². The maximum absolute atomic E-state index is 6.10. The van der Waals surface area contributed by atoms with E-state index in [4.69, 9.17) is 16.3 Å². The Bertz CT molecular complexity index is 615.